The molecular weight excluding hydrogens is 174 g/mol. The molecule has 0 unspecified atom stereocenters. The van der Waals surface area contributed by atoms with Crippen molar-refractivity contribution in [2.24, 2.45) is 5.92 Å². The highest BCUT2D eigenvalue weighted by molar-refractivity contribution is 5.83. The number of rotatable bonds is 5. The van der Waals surface area contributed by atoms with E-state index in [2.05, 4.69) is 5.32 Å². The van der Waals surface area contributed by atoms with Crippen LogP contribution in [0.3, 0.4) is 0 Å². The van der Waals surface area contributed by atoms with Gasteiger partial charge in [0.2, 0.25) is 5.91 Å². The normalized spacial score (nSPS) is 12.6. The van der Waals surface area contributed by atoms with Crippen molar-refractivity contribution >= 4 is 11.9 Å². The zero-order valence-electron chi connectivity index (χ0n) is 7.74. The number of hydrogen-bond donors (Lipinski definition) is 2. The topological polar surface area (TPSA) is 86.3 Å². The Morgan fingerprint density at radius 2 is 1.92 bits per heavy atom. The van der Waals surface area contributed by atoms with Gasteiger partial charge < -0.3 is 10.4 Å². The van der Waals surface area contributed by atoms with Gasteiger partial charge in [-0.2, -0.15) is 0 Å². The van der Waals surface area contributed by atoms with Crippen LogP contribution < -0.4 is 5.32 Å². The number of amides is 1. The number of carboxylic acid groups (broad SMARTS) is 1. The van der Waals surface area contributed by atoms with Crippen molar-refractivity contribution in [2.75, 3.05) is 6.61 Å². The molecule has 0 aromatic rings. The Morgan fingerprint density at radius 1 is 1.38 bits per heavy atom. The summed E-state index contributed by atoms with van der Waals surface area (Å²) in [6, 6.07) is -0.943. The summed E-state index contributed by atoms with van der Waals surface area (Å²) >= 11 is 0. The molecule has 13 heavy (non-hydrogen) atoms. The molecule has 5 heteroatoms. The Bertz CT molecular complexity index is 191. The highest BCUT2D eigenvalue weighted by Crippen LogP contribution is 2.04. The van der Waals surface area contributed by atoms with E-state index in [-0.39, 0.29) is 5.92 Å². The third kappa shape index (κ3) is 5.19. The first-order chi connectivity index (χ1) is 5.97. The van der Waals surface area contributed by atoms with Crippen LogP contribution in [0, 0.1) is 5.92 Å². The Hall–Kier alpha value is -1.10. The summed E-state index contributed by atoms with van der Waals surface area (Å²) in [7, 11) is 0. The number of carbonyl (C=O) groups is 2. The molecule has 0 aromatic carbocycles. The molecule has 0 bridgehead atoms. The van der Waals surface area contributed by atoms with Crippen LogP contribution in [0.15, 0.2) is 0 Å². The first kappa shape index (κ1) is 11.9. The van der Waals surface area contributed by atoms with Crippen LogP contribution in [0.1, 0.15) is 20.3 Å². The molecule has 0 aliphatic carbocycles. The Labute approximate surface area is 76.8 Å². The monoisotopic (exact) mass is 188 g/mol. The molecule has 75 valence electrons. The summed E-state index contributed by atoms with van der Waals surface area (Å²) in [6.45, 7) is 2.76. The van der Waals surface area contributed by atoms with Gasteiger partial charge in [-0.1, -0.05) is 13.8 Å². The van der Waals surface area contributed by atoms with Crippen molar-refractivity contribution in [1.82, 2.24) is 5.32 Å². The predicted molar refractivity (Wildman–Crippen MR) is 44.6 cm³/mol. The minimum absolute atomic E-state index is 0.160. The van der Waals surface area contributed by atoms with Crippen LogP contribution in [-0.2, 0) is 14.7 Å². The van der Waals surface area contributed by atoms with Crippen LogP contribution >= 0.6 is 0 Å². The maximum absolute atomic E-state index is 10.6. The van der Waals surface area contributed by atoms with Crippen molar-refractivity contribution in [3.8, 4) is 0 Å². The lowest BCUT2D eigenvalue weighted by molar-refractivity contribution is -0.143. The summed E-state index contributed by atoms with van der Waals surface area (Å²) in [5.74, 6) is -1.71. The molecule has 1 radical (unpaired) electrons. The highest BCUT2D eigenvalue weighted by Gasteiger charge is 2.20. The predicted octanol–water partition coefficient (Wildman–Crippen LogP) is 0.0324. The second-order valence-electron chi connectivity index (χ2n) is 3.23. The second kappa shape index (κ2) is 5.53. The van der Waals surface area contributed by atoms with E-state index < -0.39 is 24.5 Å². The number of hydrogen-bond acceptors (Lipinski definition) is 2. The van der Waals surface area contributed by atoms with Gasteiger partial charge in [0, 0.05) is 0 Å². The van der Waals surface area contributed by atoms with Crippen molar-refractivity contribution in [3.63, 3.8) is 0 Å². The highest BCUT2D eigenvalue weighted by atomic mass is 16.4. The number of aliphatic carboxylic acids is 1. The summed E-state index contributed by atoms with van der Waals surface area (Å²) in [5, 5.41) is 20.9. The van der Waals surface area contributed by atoms with E-state index in [1.807, 2.05) is 13.8 Å². The minimum atomic E-state index is -1.10. The summed E-state index contributed by atoms with van der Waals surface area (Å²) in [4.78, 5) is 21.2. The van der Waals surface area contributed by atoms with E-state index in [4.69, 9.17) is 5.11 Å². The van der Waals surface area contributed by atoms with Gasteiger partial charge in [-0.05, 0) is 12.3 Å². The molecule has 0 spiro atoms. The largest absolute Gasteiger partial charge is 0.480 e. The van der Waals surface area contributed by atoms with E-state index in [1.165, 1.54) is 0 Å². The number of carboxylic acids is 1. The smallest absolute Gasteiger partial charge is 0.326 e. The lowest BCUT2D eigenvalue weighted by atomic mass is 10.0. The van der Waals surface area contributed by atoms with Gasteiger partial charge in [-0.15, -0.1) is 0 Å². The fraction of sp³-hybridized carbons (Fsp3) is 0.750. The second-order valence-corrected chi connectivity index (χ2v) is 3.23. The quantitative estimate of drug-likeness (QED) is 0.638. The molecule has 0 fully saturated rings. The summed E-state index contributed by atoms with van der Waals surface area (Å²) in [6.07, 6.45) is 0.334. The van der Waals surface area contributed by atoms with Gasteiger partial charge in [0.1, 0.15) is 6.04 Å². The van der Waals surface area contributed by atoms with E-state index in [0.717, 1.165) is 0 Å². The van der Waals surface area contributed by atoms with Crippen molar-refractivity contribution in [3.05, 3.63) is 0 Å². The van der Waals surface area contributed by atoms with Crippen LogP contribution in [0.2, 0.25) is 0 Å². The maximum Gasteiger partial charge on any atom is 0.326 e. The standard InChI is InChI=1S/C8H14NO4/c1-5(2)3-6(8(12)13)9-7(11)4-10/h5-6H,3-4H2,1-2H3,(H,9,11)(H,12,13)/t6-/m1/s1. The molecule has 0 saturated heterocycles. The first-order valence-corrected chi connectivity index (χ1v) is 4.07. The average molecular weight is 188 g/mol. The van der Waals surface area contributed by atoms with Crippen LogP contribution in [0.25, 0.3) is 0 Å². The lowest BCUT2D eigenvalue weighted by Gasteiger charge is -2.15. The van der Waals surface area contributed by atoms with E-state index >= 15 is 0 Å². The lowest BCUT2D eigenvalue weighted by Crippen LogP contribution is -2.42. The van der Waals surface area contributed by atoms with E-state index in [1.54, 1.807) is 0 Å². The van der Waals surface area contributed by atoms with Gasteiger partial charge >= 0.3 is 5.97 Å². The Kier molecular flexibility index (Phi) is 5.06. The van der Waals surface area contributed by atoms with Crippen LogP contribution in [0.5, 0.6) is 0 Å². The molecular formula is C8H14NO4. The molecule has 0 aromatic heterocycles. The Balaban J connectivity index is 4.10. The zero-order valence-corrected chi connectivity index (χ0v) is 7.74. The zero-order chi connectivity index (χ0) is 10.4. The molecule has 0 heterocycles. The third-order valence-electron chi connectivity index (χ3n) is 1.47. The van der Waals surface area contributed by atoms with Crippen molar-refractivity contribution in [1.29, 1.82) is 0 Å². The molecule has 0 aliphatic rings. The fourth-order valence-corrected chi connectivity index (χ4v) is 0.929. The minimum Gasteiger partial charge on any atom is -0.480 e. The first-order valence-electron chi connectivity index (χ1n) is 4.07. The SMILES string of the molecule is CC(C)C[C@@H](NC(=O)C[O])C(=O)O. The molecule has 2 N–H and O–H groups in total. The number of carbonyl (C=O) groups excluding carboxylic acids is 1. The fourth-order valence-electron chi connectivity index (χ4n) is 0.929. The van der Waals surface area contributed by atoms with Gasteiger partial charge in [-0.3, -0.25) is 4.79 Å². The molecule has 5 nitrogen and oxygen atoms in total. The molecule has 0 rings (SSSR count). The van der Waals surface area contributed by atoms with Crippen LogP contribution in [0.4, 0.5) is 0 Å². The van der Waals surface area contributed by atoms with E-state index in [9.17, 15) is 14.7 Å². The third-order valence-corrected chi connectivity index (χ3v) is 1.47. The van der Waals surface area contributed by atoms with Crippen molar-refractivity contribution in [2.45, 2.75) is 26.3 Å². The summed E-state index contributed by atoms with van der Waals surface area (Å²) < 4.78 is 0. The van der Waals surface area contributed by atoms with E-state index in [0.29, 0.717) is 6.42 Å². The maximum atomic E-state index is 10.6. The van der Waals surface area contributed by atoms with Gasteiger partial charge in [0.15, 0.2) is 6.61 Å². The van der Waals surface area contributed by atoms with Crippen molar-refractivity contribution < 1.29 is 19.8 Å². The van der Waals surface area contributed by atoms with Gasteiger partial charge in [0.25, 0.3) is 0 Å². The molecule has 0 aliphatic heterocycles. The number of nitrogens with one attached hydrogen (secondary N) is 1. The average Bonchev–Trinajstić information content (AvgIpc) is 2.02. The van der Waals surface area contributed by atoms with Gasteiger partial charge in [0.05, 0.1) is 0 Å². The Morgan fingerprint density at radius 3 is 2.23 bits per heavy atom. The molecule has 1 amide bonds. The molecule has 0 saturated carbocycles. The molecule has 1 atom stereocenters. The van der Waals surface area contributed by atoms with Gasteiger partial charge in [-0.25, -0.2) is 9.90 Å². The van der Waals surface area contributed by atoms with Crippen LogP contribution in [-0.4, -0.2) is 29.6 Å². The summed E-state index contributed by atoms with van der Waals surface area (Å²) in [5.41, 5.74) is 0.